The zero-order valence-electron chi connectivity index (χ0n) is 11.7. The van der Waals surface area contributed by atoms with Crippen LogP contribution in [-0.2, 0) is 9.31 Å². The standard InChI is InChI=1S/C15H19BO2/c1-6-7-12-8-10-13(11-9-12)16-17-14(2,3)15(4,5)18-16/h8-11H,1-5H3. The quantitative estimate of drug-likeness (QED) is 0.556. The van der Waals surface area contributed by atoms with Gasteiger partial charge in [0.15, 0.2) is 0 Å². The Bertz CT molecular complexity index is 475. The molecule has 0 aromatic heterocycles. The fourth-order valence-electron chi connectivity index (χ4n) is 1.85. The summed E-state index contributed by atoms with van der Waals surface area (Å²) in [4.78, 5) is 0. The maximum atomic E-state index is 5.99. The van der Waals surface area contributed by atoms with Crippen LogP contribution in [-0.4, -0.2) is 18.3 Å². The van der Waals surface area contributed by atoms with Crippen LogP contribution in [0.15, 0.2) is 24.3 Å². The third-order valence-corrected chi connectivity index (χ3v) is 3.71. The van der Waals surface area contributed by atoms with Crippen molar-refractivity contribution < 1.29 is 9.31 Å². The summed E-state index contributed by atoms with van der Waals surface area (Å²) in [7, 11) is -0.293. The van der Waals surface area contributed by atoms with E-state index in [2.05, 4.69) is 39.5 Å². The smallest absolute Gasteiger partial charge is 0.399 e. The summed E-state index contributed by atoms with van der Waals surface area (Å²) in [5.41, 5.74) is 1.46. The molecule has 0 bridgehead atoms. The first kappa shape index (κ1) is 13.2. The number of rotatable bonds is 1. The van der Waals surface area contributed by atoms with Crippen LogP contribution in [0.2, 0.25) is 0 Å². The summed E-state index contributed by atoms with van der Waals surface area (Å²) in [5.74, 6) is 5.91. The zero-order valence-corrected chi connectivity index (χ0v) is 11.7. The van der Waals surface area contributed by atoms with Gasteiger partial charge >= 0.3 is 7.12 Å². The molecule has 1 aliphatic rings. The van der Waals surface area contributed by atoms with Gasteiger partial charge in [-0.3, -0.25) is 0 Å². The summed E-state index contributed by atoms with van der Waals surface area (Å²) in [6.45, 7) is 10.1. The molecule has 0 atom stereocenters. The van der Waals surface area contributed by atoms with Gasteiger partial charge in [0.1, 0.15) is 0 Å². The summed E-state index contributed by atoms with van der Waals surface area (Å²) in [6.07, 6.45) is 0. The molecule has 1 aliphatic heterocycles. The molecular weight excluding hydrogens is 223 g/mol. The Labute approximate surface area is 110 Å². The van der Waals surface area contributed by atoms with Gasteiger partial charge in [-0.05, 0) is 52.2 Å². The monoisotopic (exact) mass is 242 g/mol. The summed E-state index contributed by atoms with van der Waals surface area (Å²) in [6, 6.07) is 8.03. The Morgan fingerprint density at radius 1 is 0.944 bits per heavy atom. The highest BCUT2D eigenvalue weighted by atomic mass is 16.7. The Hall–Kier alpha value is -1.24. The molecule has 0 N–H and O–H groups in total. The second-order valence-corrected chi connectivity index (χ2v) is 5.59. The van der Waals surface area contributed by atoms with E-state index in [-0.39, 0.29) is 18.3 Å². The van der Waals surface area contributed by atoms with Crippen molar-refractivity contribution >= 4 is 12.6 Å². The summed E-state index contributed by atoms with van der Waals surface area (Å²) in [5, 5.41) is 0. The third kappa shape index (κ3) is 2.31. The van der Waals surface area contributed by atoms with E-state index in [0.717, 1.165) is 11.0 Å². The highest BCUT2D eigenvalue weighted by Crippen LogP contribution is 2.36. The van der Waals surface area contributed by atoms with Crippen LogP contribution in [0, 0.1) is 11.8 Å². The van der Waals surface area contributed by atoms with Crippen molar-refractivity contribution in [1.82, 2.24) is 0 Å². The minimum atomic E-state index is -0.293. The third-order valence-electron chi connectivity index (χ3n) is 3.71. The molecule has 2 rings (SSSR count). The van der Waals surface area contributed by atoms with Gasteiger partial charge < -0.3 is 9.31 Å². The van der Waals surface area contributed by atoms with Crippen LogP contribution in [0.3, 0.4) is 0 Å². The van der Waals surface area contributed by atoms with Crippen LogP contribution in [0.4, 0.5) is 0 Å². The van der Waals surface area contributed by atoms with Crippen molar-refractivity contribution in [3.8, 4) is 11.8 Å². The van der Waals surface area contributed by atoms with E-state index in [1.807, 2.05) is 31.2 Å². The van der Waals surface area contributed by atoms with Gasteiger partial charge in [-0.2, -0.15) is 0 Å². The SMILES string of the molecule is CC#Cc1ccc(B2OC(C)(C)C(C)(C)O2)cc1. The molecule has 1 aromatic rings. The molecule has 0 spiro atoms. The van der Waals surface area contributed by atoms with Crippen LogP contribution in [0.5, 0.6) is 0 Å². The lowest BCUT2D eigenvalue weighted by Crippen LogP contribution is -2.41. The van der Waals surface area contributed by atoms with E-state index < -0.39 is 0 Å². The van der Waals surface area contributed by atoms with Crippen molar-refractivity contribution in [2.24, 2.45) is 0 Å². The first-order valence-electron chi connectivity index (χ1n) is 6.24. The van der Waals surface area contributed by atoms with Crippen molar-refractivity contribution in [2.45, 2.75) is 45.8 Å². The van der Waals surface area contributed by atoms with E-state index in [0.29, 0.717) is 0 Å². The number of hydrogen-bond donors (Lipinski definition) is 0. The minimum Gasteiger partial charge on any atom is -0.399 e. The fourth-order valence-corrected chi connectivity index (χ4v) is 1.85. The van der Waals surface area contributed by atoms with Crippen molar-refractivity contribution in [2.75, 3.05) is 0 Å². The normalized spacial score (nSPS) is 20.4. The second-order valence-electron chi connectivity index (χ2n) is 5.59. The van der Waals surface area contributed by atoms with Gasteiger partial charge in [-0.25, -0.2) is 0 Å². The van der Waals surface area contributed by atoms with Gasteiger partial charge in [-0.15, -0.1) is 5.92 Å². The van der Waals surface area contributed by atoms with Gasteiger partial charge in [0.25, 0.3) is 0 Å². The molecule has 0 radical (unpaired) electrons. The average molecular weight is 242 g/mol. The van der Waals surface area contributed by atoms with E-state index in [4.69, 9.17) is 9.31 Å². The molecule has 0 amide bonds. The molecule has 0 saturated carbocycles. The molecule has 1 saturated heterocycles. The number of benzene rings is 1. The topological polar surface area (TPSA) is 18.5 Å². The molecule has 1 fully saturated rings. The van der Waals surface area contributed by atoms with E-state index in [1.54, 1.807) is 0 Å². The molecule has 0 aliphatic carbocycles. The Morgan fingerprint density at radius 3 is 1.89 bits per heavy atom. The molecule has 0 unspecified atom stereocenters. The Morgan fingerprint density at radius 2 is 1.44 bits per heavy atom. The lowest BCUT2D eigenvalue weighted by atomic mass is 9.79. The highest BCUT2D eigenvalue weighted by molar-refractivity contribution is 6.62. The van der Waals surface area contributed by atoms with Gasteiger partial charge in [-0.1, -0.05) is 18.1 Å². The van der Waals surface area contributed by atoms with Crippen LogP contribution in [0.25, 0.3) is 0 Å². The minimum absolute atomic E-state index is 0.292. The van der Waals surface area contributed by atoms with E-state index in [9.17, 15) is 0 Å². The average Bonchev–Trinajstić information content (AvgIpc) is 2.50. The van der Waals surface area contributed by atoms with Crippen LogP contribution >= 0.6 is 0 Å². The lowest BCUT2D eigenvalue weighted by Gasteiger charge is -2.32. The maximum Gasteiger partial charge on any atom is 0.494 e. The Balaban J connectivity index is 2.21. The molecule has 1 aromatic carbocycles. The van der Waals surface area contributed by atoms with Crippen molar-refractivity contribution in [1.29, 1.82) is 0 Å². The first-order valence-corrected chi connectivity index (χ1v) is 6.24. The Kier molecular flexibility index (Phi) is 3.27. The van der Waals surface area contributed by atoms with E-state index >= 15 is 0 Å². The lowest BCUT2D eigenvalue weighted by molar-refractivity contribution is 0.00578. The molecular formula is C15H19BO2. The largest absolute Gasteiger partial charge is 0.494 e. The predicted molar refractivity (Wildman–Crippen MR) is 74.7 cm³/mol. The predicted octanol–water partition coefficient (Wildman–Crippen LogP) is 2.36. The van der Waals surface area contributed by atoms with E-state index in [1.165, 1.54) is 0 Å². The molecule has 1 heterocycles. The van der Waals surface area contributed by atoms with Gasteiger partial charge in [0.2, 0.25) is 0 Å². The summed E-state index contributed by atoms with van der Waals surface area (Å²) >= 11 is 0. The van der Waals surface area contributed by atoms with Crippen LogP contribution < -0.4 is 5.46 Å². The highest BCUT2D eigenvalue weighted by Gasteiger charge is 2.51. The van der Waals surface area contributed by atoms with Gasteiger partial charge in [0, 0.05) is 5.56 Å². The summed E-state index contributed by atoms with van der Waals surface area (Å²) < 4.78 is 12.0. The van der Waals surface area contributed by atoms with Crippen molar-refractivity contribution in [3.05, 3.63) is 29.8 Å². The van der Waals surface area contributed by atoms with Crippen molar-refractivity contribution in [3.63, 3.8) is 0 Å². The van der Waals surface area contributed by atoms with Crippen LogP contribution in [0.1, 0.15) is 40.2 Å². The number of hydrogen-bond acceptors (Lipinski definition) is 2. The molecule has 3 heteroatoms. The molecule has 94 valence electrons. The molecule has 18 heavy (non-hydrogen) atoms. The maximum absolute atomic E-state index is 5.99. The second kappa shape index (κ2) is 4.46. The molecule has 2 nitrogen and oxygen atoms in total. The van der Waals surface area contributed by atoms with Gasteiger partial charge in [0.05, 0.1) is 11.2 Å². The fraction of sp³-hybridized carbons (Fsp3) is 0.467. The first-order chi connectivity index (χ1) is 8.36. The zero-order chi connectivity index (χ0) is 13.4.